The van der Waals surface area contributed by atoms with Gasteiger partial charge in [-0.25, -0.2) is 0 Å². The Morgan fingerprint density at radius 3 is 2.31 bits per heavy atom. The van der Waals surface area contributed by atoms with Gasteiger partial charge < -0.3 is 14.0 Å². The second kappa shape index (κ2) is 7.56. The third kappa shape index (κ3) is 3.43. The minimum atomic E-state index is -2.41. The van der Waals surface area contributed by atoms with E-state index in [1.807, 2.05) is 0 Å². The second-order valence-corrected chi connectivity index (χ2v) is 11.5. The van der Waals surface area contributed by atoms with Crippen LogP contribution in [0.2, 0.25) is 0 Å². The molecule has 4 nitrogen and oxygen atoms in total. The summed E-state index contributed by atoms with van der Waals surface area (Å²) in [5.74, 6) is 1.99. The summed E-state index contributed by atoms with van der Waals surface area (Å²) in [6.45, 7) is 7.38. The van der Waals surface area contributed by atoms with Gasteiger partial charge in [-0.2, -0.15) is 0 Å². The van der Waals surface area contributed by atoms with Gasteiger partial charge in [-0.1, -0.05) is 39.2 Å². The van der Waals surface area contributed by atoms with E-state index < -0.39 is 7.14 Å². The molecule has 1 aromatic carbocycles. The standard InChI is InChI=1S/C21H32NO3P/c1-16(2)18-8-9-19(21-20(18)24-12-13-25-21)26(23)14-10-22(11-15-26)17-6-4-3-5-7-17/h8-9,16-17H,3-7,10-15H2,1-2H3. The van der Waals surface area contributed by atoms with Crippen molar-refractivity contribution in [2.75, 3.05) is 38.6 Å². The normalized spacial score (nSPS) is 24.0. The van der Waals surface area contributed by atoms with Crippen molar-refractivity contribution in [2.45, 2.75) is 57.9 Å². The second-order valence-electron chi connectivity index (χ2n) is 8.35. The van der Waals surface area contributed by atoms with Crippen LogP contribution in [-0.2, 0) is 4.57 Å². The largest absolute Gasteiger partial charge is 0.486 e. The zero-order chi connectivity index (χ0) is 18.1. The summed E-state index contributed by atoms with van der Waals surface area (Å²) >= 11 is 0. The van der Waals surface area contributed by atoms with Crippen LogP contribution in [0.5, 0.6) is 11.5 Å². The number of nitrogens with zero attached hydrogens (tertiary/aromatic N) is 1. The molecule has 2 aliphatic heterocycles. The Bertz CT molecular complexity index is 685. The van der Waals surface area contributed by atoms with Crippen LogP contribution in [0.3, 0.4) is 0 Å². The maximum atomic E-state index is 13.9. The number of hydrogen-bond donors (Lipinski definition) is 0. The van der Waals surface area contributed by atoms with Crippen LogP contribution in [0, 0.1) is 0 Å². The van der Waals surface area contributed by atoms with Gasteiger partial charge in [-0.3, -0.25) is 4.90 Å². The van der Waals surface area contributed by atoms with Crippen molar-refractivity contribution in [3.8, 4) is 11.5 Å². The van der Waals surface area contributed by atoms with Gasteiger partial charge in [0.1, 0.15) is 20.4 Å². The van der Waals surface area contributed by atoms with Gasteiger partial charge in [0, 0.05) is 37.0 Å². The SMILES string of the molecule is CC(C)c1ccc(P2(=O)CCN(C3CCCCC3)CC2)c2c1OCCO2. The molecular weight excluding hydrogens is 345 g/mol. The topological polar surface area (TPSA) is 38.8 Å². The fourth-order valence-corrected chi connectivity index (χ4v) is 7.52. The van der Waals surface area contributed by atoms with Crippen molar-refractivity contribution < 1.29 is 14.0 Å². The van der Waals surface area contributed by atoms with E-state index in [0.29, 0.717) is 25.2 Å². The molecule has 2 heterocycles. The predicted molar refractivity (Wildman–Crippen MR) is 107 cm³/mol. The summed E-state index contributed by atoms with van der Waals surface area (Å²) in [6.07, 6.45) is 8.29. The molecule has 1 aliphatic carbocycles. The van der Waals surface area contributed by atoms with Gasteiger partial charge in [-0.15, -0.1) is 0 Å². The highest BCUT2D eigenvalue weighted by atomic mass is 31.2. The maximum absolute atomic E-state index is 13.9. The van der Waals surface area contributed by atoms with Crippen LogP contribution in [0.1, 0.15) is 57.4 Å². The molecular formula is C21H32NO3P. The molecule has 0 aromatic heterocycles. The van der Waals surface area contributed by atoms with Crippen LogP contribution < -0.4 is 14.8 Å². The number of ether oxygens (including phenoxy) is 2. The van der Waals surface area contributed by atoms with Crippen molar-refractivity contribution in [1.29, 1.82) is 0 Å². The summed E-state index contributed by atoms with van der Waals surface area (Å²) in [4.78, 5) is 2.60. The molecule has 1 saturated heterocycles. The lowest BCUT2D eigenvalue weighted by molar-refractivity contribution is 0.167. The van der Waals surface area contributed by atoms with E-state index >= 15 is 0 Å². The Morgan fingerprint density at radius 1 is 1.00 bits per heavy atom. The fraction of sp³-hybridized carbons (Fsp3) is 0.714. The van der Waals surface area contributed by atoms with Gasteiger partial charge in [0.15, 0.2) is 11.5 Å². The lowest BCUT2D eigenvalue weighted by Gasteiger charge is -2.40. The summed E-state index contributed by atoms with van der Waals surface area (Å²) in [7, 11) is -2.41. The third-order valence-corrected chi connectivity index (χ3v) is 9.42. The first-order valence-electron chi connectivity index (χ1n) is 10.3. The zero-order valence-corrected chi connectivity index (χ0v) is 17.1. The molecule has 3 aliphatic rings. The molecule has 0 unspecified atom stereocenters. The molecule has 0 bridgehead atoms. The lowest BCUT2D eigenvalue weighted by Crippen LogP contribution is -2.44. The summed E-state index contributed by atoms with van der Waals surface area (Å²) in [5.41, 5.74) is 1.16. The highest BCUT2D eigenvalue weighted by Crippen LogP contribution is 2.52. The molecule has 1 saturated carbocycles. The monoisotopic (exact) mass is 377 g/mol. The van der Waals surface area contributed by atoms with E-state index in [1.54, 1.807) is 0 Å². The maximum Gasteiger partial charge on any atom is 0.172 e. The van der Waals surface area contributed by atoms with Crippen molar-refractivity contribution in [2.24, 2.45) is 0 Å². The molecule has 0 radical (unpaired) electrons. The summed E-state index contributed by atoms with van der Waals surface area (Å²) in [6, 6.07) is 4.90. The Labute approximate surface area is 157 Å². The first-order chi connectivity index (χ1) is 12.6. The van der Waals surface area contributed by atoms with E-state index in [0.717, 1.165) is 47.8 Å². The van der Waals surface area contributed by atoms with Gasteiger partial charge in [-0.05, 0) is 24.8 Å². The van der Waals surface area contributed by atoms with E-state index in [4.69, 9.17) is 9.47 Å². The third-order valence-electron chi connectivity index (χ3n) is 6.35. The molecule has 0 atom stereocenters. The molecule has 5 heteroatoms. The molecule has 0 N–H and O–H groups in total. The van der Waals surface area contributed by atoms with Crippen molar-refractivity contribution in [3.05, 3.63) is 17.7 Å². The Kier molecular flexibility index (Phi) is 5.34. The molecule has 2 fully saturated rings. The van der Waals surface area contributed by atoms with Gasteiger partial charge in [0.25, 0.3) is 0 Å². The molecule has 144 valence electrons. The van der Waals surface area contributed by atoms with Crippen molar-refractivity contribution in [1.82, 2.24) is 4.90 Å². The highest BCUT2D eigenvalue weighted by Gasteiger charge is 2.37. The average Bonchev–Trinajstić information content (AvgIpc) is 2.68. The van der Waals surface area contributed by atoms with Gasteiger partial charge in [0.2, 0.25) is 0 Å². The van der Waals surface area contributed by atoms with Crippen LogP contribution in [-0.4, -0.2) is 49.6 Å². The summed E-state index contributed by atoms with van der Waals surface area (Å²) < 4.78 is 25.8. The van der Waals surface area contributed by atoms with Crippen LogP contribution in [0.25, 0.3) is 0 Å². The number of benzene rings is 1. The molecule has 4 rings (SSSR count). The molecule has 1 aromatic rings. The van der Waals surface area contributed by atoms with Crippen LogP contribution in [0.4, 0.5) is 0 Å². The zero-order valence-electron chi connectivity index (χ0n) is 16.2. The highest BCUT2D eigenvalue weighted by molar-refractivity contribution is 7.71. The van der Waals surface area contributed by atoms with Crippen LogP contribution in [0.15, 0.2) is 12.1 Å². The molecule has 0 spiro atoms. The van der Waals surface area contributed by atoms with Gasteiger partial charge in [0.05, 0.1) is 5.30 Å². The van der Waals surface area contributed by atoms with E-state index in [-0.39, 0.29) is 0 Å². The van der Waals surface area contributed by atoms with Crippen molar-refractivity contribution in [3.63, 3.8) is 0 Å². The minimum absolute atomic E-state index is 0.369. The molecule has 0 amide bonds. The lowest BCUT2D eigenvalue weighted by atomic mass is 9.94. The predicted octanol–water partition coefficient (Wildman–Crippen LogP) is 4.22. The van der Waals surface area contributed by atoms with E-state index in [2.05, 4.69) is 30.9 Å². The first kappa shape index (κ1) is 18.4. The Morgan fingerprint density at radius 2 is 1.65 bits per heavy atom. The van der Waals surface area contributed by atoms with Crippen LogP contribution >= 0.6 is 7.14 Å². The van der Waals surface area contributed by atoms with E-state index in [1.165, 1.54) is 32.1 Å². The Balaban J connectivity index is 1.57. The molecule has 26 heavy (non-hydrogen) atoms. The summed E-state index contributed by atoms with van der Waals surface area (Å²) in [5, 5.41) is 0.930. The number of fused-ring (bicyclic) bond motifs is 1. The minimum Gasteiger partial charge on any atom is -0.486 e. The first-order valence-corrected chi connectivity index (χ1v) is 12.4. The Hall–Kier alpha value is -0.990. The van der Waals surface area contributed by atoms with Gasteiger partial charge >= 0.3 is 0 Å². The number of rotatable bonds is 3. The fourth-order valence-electron chi connectivity index (χ4n) is 4.77. The van der Waals surface area contributed by atoms with E-state index in [9.17, 15) is 4.57 Å². The smallest absolute Gasteiger partial charge is 0.172 e. The number of hydrogen-bond acceptors (Lipinski definition) is 4. The quantitative estimate of drug-likeness (QED) is 0.740. The van der Waals surface area contributed by atoms with Crippen molar-refractivity contribution >= 4 is 12.4 Å². The average molecular weight is 377 g/mol.